The SMILES string of the molecule is COc1cc(OCCCN2CCCC2C=O)ccc1Cc1c(C)nc(N)nc1OS(=O)(=O)c1c(C)cc(C)cc1C. The molecule has 0 radical (unpaired) electrons. The summed E-state index contributed by atoms with van der Waals surface area (Å²) >= 11 is 0. The molecule has 1 fully saturated rings. The van der Waals surface area contributed by atoms with Gasteiger partial charge in [-0.05, 0) is 76.3 Å². The van der Waals surface area contributed by atoms with E-state index in [1.807, 2.05) is 19.1 Å². The molecule has 2 heterocycles. The Kier molecular flexibility index (Phi) is 9.49. The summed E-state index contributed by atoms with van der Waals surface area (Å²) in [6, 6.07) is 9.11. The van der Waals surface area contributed by atoms with Gasteiger partial charge >= 0.3 is 10.1 Å². The fraction of sp³-hybridized carbons (Fsp3) is 0.433. The molecule has 1 aliphatic heterocycles. The maximum atomic E-state index is 13.4. The Morgan fingerprint density at radius 3 is 2.51 bits per heavy atom. The highest BCUT2D eigenvalue weighted by molar-refractivity contribution is 7.87. The molecular weight excluding hydrogens is 544 g/mol. The largest absolute Gasteiger partial charge is 0.496 e. The van der Waals surface area contributed by atoms with Crippen molar-refractivity contribution in [3.05, 3.63) is 63.8 Å². The zero-order chi connectivity index (χ0) is 29.7. The van der Waals surface area contributed by atoms with Crippen LogP contribution in [-0.4, -0.2) is 62.4 Å². The Balaban J connectivity index is 1.52. The third kappa shape index (κ3) is 7.15. The van der Waals surface area contributed by atoms with Crippen molar-refractivity contribution in [1.82, 2.24) is 14.9 Å². The summed E-state index contributed by atoms with van der Waals surface area (Å²) in [5.74, 6) is 1.01. The van der Waals surface area contributed by atoms with Crippen LogP contribution in [0.1, 0.15) is 52.8 Å². The van der Waals surface area contributed by atoms with Crippen molar-refractivity contribution in [3.8, 4) is 17.4 Å². The maximum Gasteiger partial charge on any atom is 0.341 e. The molecule has 1 aromatic heterocycles. The molecule has 0 bridgehead atoms. The number of hydrogen-bond acceptors (Lipinski definition) is 10. The van der Waals surface area contributed by atoms with Crippen molar-refractivity contribution in [2.24, 2.45) is 0 Å². The Morgan fingerprint density at radius 1 is 1.10 bits per heavy atom. The monoisotopic (exact) mass is 582 g/mol. The topological polar surface area (TPSA) is 134 Å². The molecule has 0 spiro atoms. The van der Waals surface area contributed by atoms with Crippen molar-refractivity contribution in [2.45, 2.75) is 64.3 Å². The second-order valence-corrected chi connectivity index (χ2v) is 11.9. The molecule has 1 atom stereocenters. The van der Waals surface area contributed by atoms with Gasteiger partial charge in [-0.15, -0.1) is 0 Å². The lowest BCUT2D eigenvalue weighted by atomic mass is 10.0. The molecule has 220 valence electrons. The standard InChI is InChI=1S/C30H38N4O6S/c1-19-14-20(2)28(21(3)15-19)41(36,37)40-29-26(22(4)32-30(31)33-29)16-23-9-10-25(17-27(23)38-5)39-13-7-12-34-11-6-8-24(34)18-35/h9-10,14-15,17-18,24H,6-8,11-13,16H2,1-5H3,(H2,31,32,33). The van der Waals surface area contributed by atoms with E-state index in [-0.39, 0.29) is 29.2 Å². The molecule has 2 N–H and O–H groups in total. The van der Waals surface area contributed by atoms with E-state index in [1.54, 1.807) is 46.1 Å². The number of aromatic nitrogens is 2. The zero-order valence-corrected chi connectivity index (χ0v) is 25.1. The molecular formula is C30H38N4O6S. The zero-order valence-electron chi connectivity index (χ0n) is 24.3. The van der Waals surface area contributed by atoms with Gasteiger partial charge in [-0.2, -0.15) is 13.4 Å². The number of aryl methyl sites for hydroxylation is 4. The molecule has 1 unspecified atom stereocenters. The predicted molar refractivity (Wildman–Crippen MR) is 156 cm³/mol. The number of aldehydes is 1. The second-order valence-electron chi connectivity index (χ2n) is 10.5. The first-order valence-electron chi connectivity index (χ1n) is 13.7. The Bertz CT molecular complexity index is 1500. The van der Waals surface area contributed by atoms with Crippen LogP contribution in [0.25, 0.3) is 0 Å². The van der Waals surface area contributed by atoms with Crippen LogP contribution in [0.2, 0.25) is 0 Å². The number of ether oxygens (including phenoxy) is 2. The summed E-state index contributed by atoms with van der Waals surface area (Å²) in [5, 5.41) is 0. The normalized spacial score (nSPS) is 15.6. The van der Waals surface area contributed by atoms with Gasteiger partial charge in [0.05, 0.1) is 25.5 Å². The summed E-state index contributed by atoms with van der Waals surface area (Å²) in [5.41, 5.74) is 9.77. The van der Waals surface area contributed by atoms with Crippen LogP contribution in [0.5, 0.6) is 17.4 Å². The third-order valence-corrected chi connectivity index (χ3v) is 8.81. The maximum absolute atomic E-state index is 13.4. The fourth-order valence-corrected chi connectivity index (χ4v) is 6.80. The molecule has 41 heavy (non-hydrogen) atoms. The first kappa shape index (κ1) is 30.3. The van der Waals surface area contributed by atoms with Crippen molar-refractivity contribution < 1.29 is 26.9 Å². The minimum atomic E-state index is -4.21. The average Bonchev–Trinajstić information content (AvgIpc) is 3.35. The van der Waals surface area contributed by atoms with Crippen LogP contribution in [0, 0.1) is 27.7 Å². The number of carbonyl (C=O) groups excluding carboxylic acids is 1. The number of nitrogens with zero attached hydrogens (tertiary/aromatic N) is 3. The van der Waals surface area contributed by atoms with Crippen LogP contribution in [0.15, 0.2) is 35.2 Å². The number of benzene rings is 2. The average molecular weight is 583 g/mol. The number of rotatable bonds is 12. The van der Waals surface area contributed by atoms with E-state index < -0.39 is 10.1 Å². The number of nitrogen functional groups attached to an aromatic ring is 1. The lowest BCUT2D eigenvalue weighted by Gasteiger charge is -2.20. The molecule has 2 aromatic carbocycles. The molecule has 10 nitrogen and oxygen atoms in total. The third-order valence-electron chi connectivity index (χ3n) is 7.29. The molecule has 0 amide bonds. The molecule has 4 rings (SSSR count). The van der Waals surface area contributed by atoms with Gasteiger partial charge in [-0.25, -0.2) is 4.98 Å². The van der Waals surface area contributed by atoms with Crippen LogP contribution in [0.3, 0.4) is 0 Å². The van der Waals surface area contributed by atoms with Crippen LogP contribution >= 0.6 is 0 Å². The first-order valence-corrected chi connectivity index (χ1v) is 15.1. The molecule has 1 aliphatic rings. The fourth-order valence-electron chi connectivity index (χ4n) is 5.46. The quantitative estimate of drug-likeness (QED) is 0.189. The van der Waals surface area contributed by atoms with Gasteiger partial charge in [0.1, 0.15) is 22.7 Å². The first-order chi connectivity index (χ1) is 19.5. The number of anilines is 1. The Hall–Kier alpha value is -3.70. The predicted octanol–water partition coefficient (Wildman–Crippen LogP) is 4.09. The van der Waals surface area contributed by atoms with E-state index >= 15 is 0 Å². The van der Waals surface area contributed by atoms with E-state index in [9.17, 15) is 13.2 Å². The lowest BCUT2D eigenvalue weighted by Crippen LogP contribution is -2.32. The van der Waals surface area contributed by atoms with Gasteiger partial charge < -0.3 is 24.2 Å². The van der Waals surface area contributed by atoms with Crippen LogP contribution in [0.4, 0.5) is 5.95 Å². The highest BCUT2D eigenvalue weighted by atomic mass is 32.2. The van der Waals surface area contributed by atoms with E-state index in [4.69, 9.17) is 19.4 Å². The highest BCUT2D eigenvalue weighted by Crippen LogP contribution is 2.33. The molecule has 0 saturated carbocycles. The van der Waals surface area contributed by atoms with Crippen LogP contribution in [-0.2, 0) is 21.3 Å². The highest BCUT2D eigenvalue weighted by Gasteiger charge is 2.26. The molecule has 3 aromatic rings. The van der Waals surface area contributed by atoms with Gasteiger partial charge in [0.15, 0.2) is 0 Å². The van der Waals surface area contributed by atoms with E-state index in [1.165, 1.54) is 0 Å². The number of hydrogen-bond donors (Lipinski definition) is 1. The van der Waals surface area contributed by atoms with Gasteiger partial charge in [-0.3, -0.25) is 4.90 Å². The minimum absolute atomic E-state index is 0.0175. The van der Waals surface area contributed by atoms with Crippen LogP contribution < -0.4 is 19.4 Å². The van der Waals surface area contributed by atoms with Gasteiger partial charge in [0, 0.05) is 24.6 Å². The van der Waals surface area contributed by atoms with E-state index in [0.29, 0.717) is 40.5 Å². The summed E-state index contributed by atoms with van der Waals surface area (Å²) in [6.07, 6.45) is 4.04. The molecule has 11 heteroatoms. The molecule has 0 aliphatic carbocycles. The van der Waals surface area contributed by atoms with Crippen molar-refractivity contribution in [3.63, 3.8) is 0 Å². The summed E-state index contributed by atoms with van der Waals surface area (Å²) in [4.78, 5) is 21.9. The van der Waals surface area contributed by atoms with Gasteiger partial charge in [0.25, 0.3) is 0 Å². The smallest absolute Gasteiger partial charge is 0.341 e. The number of likely N-dealkylation sites (tertiary alicyclic amines) is 1. The number of carbonyl (C=O) groups is 1. The molecule has 1 saturated heterocycles. The van der Waals surface area contributed by atoms with Crippen molar-refractivity contribution in [1.29, 1.82) is 0 Å². The van der Waals surface area contributed by atoms with Crippen molar-refractivity contribution >= 4 is 22.4 Å². The van der Waals surface area contributed by atoms with Gasteiger partial charge in [-0.1, -0.05) is 23.8 Å². The van der Waals surface area contributed by atoms with E-state index in [2.05, 4.69) is 14.9 Å². The number of methoxy groups -OCH3 is 1. The Labute approximate surface area is 242 Å². The summed E-state index contributed by atoms with van der Waals surface area (Å²) < 4.78 is 44.0. The summed E-state index contributed by atoms with van der Waals surface area (Å²) in [7, 11) is -2.64. The van der Waals surface area contributed by atoms with Crippen molar-refractivity contribution in [2.75, 3.05) is 32.5 Å². The number of nitrogens with two attached hydrogens (primary N) is 1. The second kappa shape index (κ2) is 12.9. The lowest BCUT2D eigenvalue weighted by molar-refractivity contribution is -0.111. The van der Waals surface area contributed by atoms with E-state index in [0.717, 1.165) is 49.8 Å². The van der Waals surface area contributed by atoms with Gasteiger partial charge in [0.2, 0.25) is 11.8 Å². The summed E-state index contributed by atoms with van der Waals surface area (Å²) in [6.45, 7) is 9.36. The Morgan fingerprint density at radius 2 is 1.83 bits per heavy atom. The minimum Gasteiger partial charge on any atom is -0.496 e.